The first kappa shape index (κ1) is 21.1. The highest BCUT2D eigenvalue weighted by atomic mass is 32.2. The first-order chi connectivity index (χ1) is 14.4. The zero-order chi connectivity index (χ0) is 21.4. The molecule has 2 aromatic carbocycles. The van der Waals surface area contributed by atoms with Crippen molar-refractivity contribution in [2.75, 3.05) is 16.3 Å². The number of carbonyl (C=O) groups excluding carboxylic acids is 1. The predicted octanol–water partition coefficient (Wildman–Crippen LogP) is 3.35. The van der Waals surface area contributed by atoms with Gasteiger partial charge in [-0.15, -0.1) is 0 Å². The molecule has 2 amide bonds. The Kier molecular flexibility index (Phi) is 6.87. The molecule has 0 aliphatic carbocycles. The van der Waals surface area contributed by atoms with Crippen molar-refractivity contribution in [2.24, 2.45) is 0 Å². The van der Waals surface area contributed by atoms with E-state index in [4.69, 9.17) is 4.74 Å². The average Bonchev–Trinajstić information content (AvgIpc) is 2.72. The number of rotatable bonds is 8. The number of nitrogens with one attached hydrogen (secondary N) is 3. The number of aromatic nitrogens is 1. The van der Waals surface area contributed by atoms with E-state index in [9.17, 15) is 13.2 Å². The molecule has 0 bridgehead atoms. The normalized spacial score (nSPS) is 10.8. The van der Waals surface area contributed by atoms with E-state index in [2.05, 4.69) is 20.3 Å². The van der Waals surface area contributed by atoms with Crippen LogP contribution in [0.25, 0.3) is 0 Å². The number of nitrogens with zero attached hydrogens (tertiary/aromatic N) is 1. The number of sulfonamides is 1. The quantitative estimate of drug-likeness (QED) is 0.512. The van der Waals surface area contributed by atoms with E-state index in [1.54, 1.807) is 48.8 Å². The molecule has 0 atom stereocenters. The fraction of sp³-hybridized carbons (Fsp3) is 0.143. The minimum absolute atomic E-state index is 0.246. The fourth-order valence-electron chi connectivity index (χ4n) is 2.58. The molecule has 3 aromatic rings. The second-order valence-corrected chi connectivity index (χ2v) is 8.27. The van der Waals surface area contributed by atoms with Crippen LogP contribution in [0.3, 0.4) is 0 Å². The van der Waals surface area contributed by atoms with Gasteiger partial charge in [-0.2, -0.15) is 0 Å². The lowest BCUT2D eigenvalue weighted by molar-refractivity contribution is 0.251. The highest BCUT2D eigenvalue weighted by molar-refractivity contribution is 7.92. The maximum absolute atomic E-state index is 12.0. The van der Waals surface area contributed by atoms with Crippen LogP contribution < -0.4 is 20.1 Å². The molecule has 0 radical (unpaired) electrons. The summed E-state index contributed by atoms with van der Waals surface area (Å²) in [6, 6.07) is 17.4. The van der Waals surface area contributed by atoms with Gasteiger partial charge in [0.05, 0.1) is 11.9 Å². The number of pyridine rings is 1. The molecule has 0 aliphatic heterocycles. The summed E-state index contributed by atoms with van der Waals surface area (Å²) in [6.07, 6.45) is 4.46. The Morgan fingerprint density at radius 3 is 2.47 bits per heavy atom. The molecule has 0 unspecified atom stereocenters. The van der Waals surface area contributed by atoms with Gasteiger partial charge in [0.2, 0.25) is 10.0 Å². The van der Waals surface area contributed by atoms with Crippen LogP contribution >= 0.6 is 0 Å². The van der Waals surface area contributed by atoms with Gasteiger partial charge >= 0.3 is 6.03 Å². The Bertz CT molecular complexity index is 1090. The molecule has 0 fully saturated rings. The summed E-state index contributed by atoms with van der Waals surface area (Å²) in [6.45, 7) is 0.627. The number of ether oxygens (including phenoxy) is 1. The smallest absolute Gasteiger partial charge is 0.319 e. The van der Waals surface area contributed by atoms with Crippen molar-refractivity contribution in [1.29, 1.82) is 0 Å². The van der Waals surface area contributed by atoms with Gasteiger partial charge in [-0.1, -0.05) is 30.3 Å². The van der Waals surface area contributed by atoms with E-state index in [0.717, 1.165) is 17.4 Å². The fourth-order valence-corrected chi connectivity index (χ4v) is 3.15. The van der Waals surface area contributed by atoms with E-state index >= 15 is 0 Å². The molecule has 0 saturated heterocycles. The van der Waals surface area contributed by atoms with Gasteiger partial charge < -0.3 is 15.4 Å². The maximum Gasteiger partial charge on any atom is 0.319 e. The van der Waals surface area contributed by atoms with Crippen molar-refractivity contribution in [3.05, 3.63) is 84.2 Å². The lowest BCUT2D eigenvalue weighted by atomic mass is 10.2. The lowest BCUT2D eigenvalue weighted by Crippen LogP contribution is -2.28. The van der Waals surface area contributed by atoms with Crippen molar-refractivity contribution in [2.45, 2.75) is 13.2 Å². The zero-order valence-corrected chi connectivity index (χ0v) is 17.1. The molecular weight excluding hydrogens is 404 g/mol. The van der Waals surface area contributed by atoms with Crippen LogP contribution in [0.15, 0.2) is 73.1 Å². The van der Waals surface area contributed by atoms with E-state index < -0.39 is 10.0 Å². The standard InChI is InChI=1S/C21H22N4O4S/c1-30(27,28)25-19-6-2-3-7-20(19)29-15-16-8-10-18(11-9-16)24-21(26)23-14-17-5-4-12-22-13-17/h2-13,25H,14-15H2,1H3,(H2,23,24,26). The first-order valence-corrected chi connectivity index (χ1v) is 11.0. The van der Waals surface area contributed by atoms with Crippen LogP contribution in [-0.2, 0) is 23.2 Å². The average molecular weight is 426 g/mol. The number of amides is 2. The third-order valence-electron chi connectivity index (χ3n) is 3.96. The number of para-hydroxylation sites is 2. The van der Waals surface area contributed by atoms with Crippen LogP contribution in [0.1, 0.15) is 11.1 Å². The van der Waals surface area contributed by atoms with E-state index in [-0.39, 0.29) is 12.6 Å². The van der Waals surface area contributed by atoms with Crippen molar-refractivity contribution in [3.8, 4) is 5.75 Å². The first-order valence-electron chi connectivity index (χ1n) is 9.11. The molecule has 3 N–H and O–H groups in total. The number of hydrogen-bond donors (Lipinski definition) is 3. The highest BCUT2D eigenvalue weighted by Gasteiger charge is 2.08. The Morgan fingerprint density at radius 1 is 1.00 bits per heavy atom. The minimum Gasteiger partial charge on any atom is -0.487 e. The lowest BCUT2D eigenvalue weighted by Gasteiger charge is -2.12. The predicted molar refractivity (Wildman–Crippen MR) is 116 cm³/mol. The van der Waals surface area contributed by atoms with Gasteiger partial charge in [-0.25, -0.2) is 13.2 Å². The molecule has 30 heavy (non-hydrogen) atoms. The molecule has 9 heteroatoms. The van der Waals surface area contributed by atoms with Crippen LogP contribution in [0, 0.1) is 0 Å². The van der Waals surface area contributed by atoms with Crippen molar-refractivity contribution in [3.63, 3.8) is 0 Å². The molecule has 8 nitrogen and oxygen atoms in total. The van der Waals surface area contributed by atoms with Crippen molar-refractivity contribution >= 4 is 27.4 Å². The second-order valence-electron chi connectivity index (χ2n) is 6.52. The van der Waals surface area contributed by atoms with E-state index in [1.165, 1.54) is 0 Å². The number of anilines is 2. The van der Waals surface area contributed by atoms with Crippen LogP contribution in [-0.4, -0.2) is 25.7 Å². The van der Waals surface area contributed by atoms with Gasteiger partial charge in [0.15, 0.2) is 0 Å². The second kappa shape index (κ2) is 9.75. The molecule has 156 valence electrons. The van der Waals surface area contributed by atoms with Gasteiger partial charge in [-0.05, 0) is 41.5 Å². The molecule has 1 aromatic heterocycles. The van der Waals surface area contributed by atoms with Crippen LogP contribution in [0.4, 0.5) is 16.2 Å². The third kappa shape index (κ3) is 6.78. The number of urea groups is 1. The van der Waals surface area contributed by atoms with Gasteiger partial charge in [0, 0.05) is 24.6 Å². The Labute approximate surface area is 175 Å². The van der Waals surface area contributed by atoms with Crippen molar-refractivity contribution in [1.82, 2.24) is 10.3 Å². The number of benzene rings is 2. The van der Waals surface area contributed by atoms with E-state index in [1.807, 2.05) is 24.3 Å². The van der Waals surface area contributed by atoms with Crippen LogP contribution in [0.2, 0.25) is 0 Å². The maximum atomic E-state index is 12.0. The van der Waals surface area contributed by atoms with E-state index in [0.29, 0.717) is 23.7 Å². The monoisotopic (exact) mass is 426 g/mol. The molecular formula is C21H22N4O4S. The van der Waals surface area contributed by atoms with Gasteiger partial charge in [0.1, 0.15) is 12.4 Å². The Balaban J connectivity index is 1.52. The largest absolute Gasteiger partial charge is 0.487 e. The Hall–Kier alpha value is -3.59. The third-order valence-corrected chi connectivity index (χ3v) is 4.56. The SMILES string of the molecule is CS(=O)(=O)Nc1ccccc1OCc1ccc(NC(=O)NCc2cccnc2)cc1. The van der Waals surface area contributed by atoms with Crippen molar-refractivity contribution < 1.29 is 17.9 Å². The molecule has 1 heterocycles. The Morgan fingerprint density at radius 2 is 1.77 bits per heavy atom. The number of hydrogen-bond acceptors (Lipinski definition) is 5. The summed E-state index contributed by atoms with van der Waals surface area (Å²) in [5.41, 5.74) is 2.79. The number of carbonyl (C=O) groups is 1. The zero-order valence-electron chi connectivity index (χ0n) is 16.3. The molecule has 3 rings (SSSR count). The summed E-state index contributed by atoms with van der Waals surface area (Å²) in [7, 11) is -3.40. The molecule has 0 saturated carbocycles. The highest BCUT2D eigenvalue weighted by Crippen LogP contribution is 2.25. The summed E-state index contributed by atoms with van der Waals surface area (Å²) in [4.78, 5) is 16.0. The topological polar surface area (TPSA) is 109 Å². The molecule has 0 spiro atoms. The summed E-state index contributed by atoms with van der Waals surface area (Å²) in [5, 5.41) is 5.52. The van der Waals surface area contributed by atoms with Crippen LogP contribution in [0.5, 0.6) is 5.75 Å². The summed E-state index contributed by atoms with van der Waals surface area (Å²) in [5.74, 6) is 0.430. The molecule has 0 aliphatic rings. The van der Waals surface area contributed by atoms with Gasteiger partial charge in [-0.3, -0.25) is 9.71 Å². The summed E-state index contributed by atoms with van der Waals surface area (Å²) < 4.78 is 31.1. The summed E-state index contributed by atoms with van der Waals surface area (Å²) >= 11 is 0. The minimum atomic E-state index is -3.40. The van der Waals surface area contributed by atoms with Gasteiger partial charge in [0.25, 0.3) is 0 Å².